The molecule has 0 amide bonds. The van der Waals surface area contributed by atoms with Crippen molar-refractivity contribution >= 4 is 21.7 Å². The Morgan fingerprint density at radius 2 is 2.10 bits per heavy atom. The zero-order chi connectivity index (χ0) is 14.5. The standard InChI is InChI=1S/C14H17BrN4O/c1-3-4-9-7-13(19-16)18-14(17-9)11-8-10(20-2)5-6-12(11)15/h5-8H,3-4,16H2,1-2H3,(H,17,18,19). The van der Waals surface area contributed by atoms with Gasteiger partial charge in [-0.1, -0.05) is 29.3 Å². The van der Waals surface area contributed by atoms with E-state index in [-0.39, 0.29) is 0 Å². The average Bonchev–Trinajstić information content (AvgIpc) is 2.47. The highest BCUT2D eigenvalue weighted by Gasteiger charge is 2.11. The van der Waals surface area contributed by atoms with E-state index in [0.717, 1.165) is 34.3 Å². The molecule has 0 fully saturated rings. The van der Waals surface area contributed by atoms with Gasteiger partial charge in [0.25, 0.3) is 0 Å². The molecular formula is C14H17BrN4O. The first-order valence-electron chi connectivity index (χ1n) is 6.36. The maximum absolute atomic E-state index is 5.48. The summed E-state index contributed by atoms with van der Waals surface area (Å²) in [6, 6.07) is 7.56. The number of rotatable bonds is 5. The number of aryl methyl sites for hydroxylation is 1. The number of nitrogens with one attached hydrogen (secondary N) is 1. The maximum Gasteiger partial charge on any atom is 0.163 e. The summed E-state index contributed by atoms with van der Waals surface area (Å²) in [5.74, 6) is 7.46. The van der Waals surface area contributed by atoms with E-state index in [1.807, 2.05) is 24.3 Å². The fraction of sp³-hybridized carbons (Fsp3) is 0.286. The van der Waals surface area contributed by atoms with Crippen molar-refractivity contribution in [1.82, 2.24) is 9.97 Å². The molecule has 0 radical (unpaired) electrons. The third-order valence-corrected chi connectivity index (χ3v) is 3.54. The van der Waals surface area contributed by atoms with Crippen LogP contribution in [0, 0.1) is 0 Å². The third kappa shape index (κ3) is 3.26. The van der Waals surface area contributed by atoms with Gasteiger partial charge in [0.15, 0.2) is 5.82 Å². The zero-order valence-electron chi connectivity index (χ0n) is 11.5. The van der Waals surface area contributed by atoms with Crippen LogP contribution >= 0.6 is 15.9 Å². The first kappa shape index (κ1) is 14.7. The van der Waals surface area contributed by atoms with Gasteiger partial charge in [0.2, 0.25) is 0 Å². The molecule has 1 heterocycles. The molecule has 106 valence electrons. The third-order valence-electron chi connectivity index (χ3n) is 2.85. The highest BCUT2D eigenvalue weighted by Crippen LogP contribution is 2.30. The van der Waals surface area contributed by atoms with Crippen LogP contribution in [0.15, 0.2) is 28.7 Å². The fourth-order valence-corrected chi connectivity index (χ4v) is 2.30. The lowest BCUT2D eigenvalue weighted by molar-refractivity contribution is 0.415. The molecule has 6 heteroatoms. The number of nitrogen functional groups attached to an aromatic ring is 1. The Kier molecular flexibility index (Phi) is 4.92. The molecule has 0 spiro atoms. The SMILES string of the molecule is CCCc1cc(NN)nc(-c2cc(OC)ccc2Br)n1. The summed E-state index contributed by atoms with van der Waals surface area (Å²) in [5, 5.41) is 0. The predicted octanol–water partition coefficient (Wildman–Crippen LogP) is 3.15. The molecule has 1 aromatic heterocycles. The molecule has 2 aromatic rings. The summed E-state index contributed by atoms with van der Waals surface area (Å²) in [6.45, 7) is 2.11. The number of hydrogen-bond donors (Lipinski definition) is 2. The van der Waals surface area contributed by atoms with Crippen molar-refractivity contribution in [2.24, 2.45) is 5.84 Å². The van der Waals surface area contributed by atoms with Gasteiger partial charge in [-0.3, -0.25) is 0 Å². The van der Waals surface area contributed by atoms with Gasteiger partial charge in [-0.15, -0.1) is 0 Å². The van der Waals surface area contributed by atoms with Crippen molar-refractivity contribution < 1.29 is 4.74 Å². The highest BCUT2D eigenvalue weighted by atomic mass is 79.9. The quantitative estimate of drug-likeness (QED) is 0.648. The van der Waals surface area contributed by atoms with Gasteiger partial charge in [0.05, 0.1) is 7.11 Å². The minimum atomic E-state index is 0.605. The Labute approximate surface area is 126 Å². The molecule has 0 aliphatic heterocycles. The summed E-state index contributed by atoms with van der Waals surface area (Å²) in [7, 11) is 1.63. The Balaban J connectivity index is 2.53. The van der Waals surface area contributed by atoms with E-state index in [2.05, 4.69) is 38.2 Å². The van der Waals surface area contributed by atoms with Gasteiger partial charge in [-0.05, 0) is 24.6 Å². The second-order valence-corrected chi connectivity index (χ2v) is 5.16. The number of aromatic nitrogens is 2. The number of nitrogens with two attached hydrogens (primary N) is 1. The molecular weight excluding hydrogens is 320 g/mol. The molecule has 2 rings (SSSR count). The van der Waals surface area contributed by atoms with E-state index < -0.39 is 0 Å². The van der Waals surface area contributed by atoms with Crippen molar-refractivity contribution in [3.05, 3.63) is 34.4 Å². The molecule has 0 atom stereocenters. The van der Waals surface area contributed by atoms with E-state index in [1.165, 1.54) is 0 Å². The molecule has 3 N–H and O–H groups in total. The number of ether oxygens (including phenoxy) is 1. The molecule has 0 aliphatic rings. The Morgan fingerprint density at radius 1 is 1.30 bits per heavy atom. The van der Waals surface area contributed by atoms with Crippen LogP contribution in [0.2, 0.25) is 0 Å². The van der Waals surface area contributed by atoms with Crippen molar-refractivity contribution in [2.45, 2.75) is 19.8 Å². The van der Waals surface area contributed by atoms with Crippen LogP contribution < -0.4 is 16.0 Å². The molecule has 0 unspecified atom stereocenters. The zero-order valence-corrected chi connectivity index (χ0v) is 13.1. The highest BCUT2D eigenvalue weighted by molar-refractivity contribution is 9.10. The van der Waals surface area contributed by atoms with Crippen LogP contribution in [0.4, 0.5) is 5.82 Å². The Bertz CT molecular complexity index is 604. The summed E-state index contributed by atoms with van der Waals surface area (Å²) in [4.78, 5) is 8.99. The van der Waals surface area contributed by atoms with Gasteiger partial charge in [0.1, 0.15) is 11.6 Å². The van der Waals surface area contributed by atoms with E-state index in [4.69, 9.17) is 10.6 Å². The molecule has 0 saturated heterocycles. The summed E-state index contributed by atoms with van der Waals surface area (Å²) in [6.07, 6.45) is 1.89. The van der Waals surface area contributed by atoms with Crippen LogP contribution in [0.5, 0.6) is 5.75 Å². The topological polar surface area (TPSA) is 73.1 Å². The average molecular weight is 337 g/mol. The van der Waals surface area contributed by atoms with Crippen LogP contribution in [-0.2, 0) is 6.42 Å². The van der Waals surface area contributed by atoms with E-state index in [0.29, 0.717) is 11.6 Å². The van der Waals surface area contributed by atoms with E-state index in [9.17, 15) is 0 Å². The second kappa shape index (κ2) is 6.67. The van der Waals surface area contributed by atoms with Crippen molar-refractivity contribution in [2.75, 3.05) is 12.5 Å². The summed E-state index contributed by atoms with van der Waals surface area (Å²) in [5.41, 5.74) is 4.42. The maximum atomic E-state index is 5.48. The Morgan fingerprint density at radius 3 is 2.75 bits per heavy atom. The molecule has 0 saturated carbocycles. The first-order valence-corrected chi connectivity index (χ1v) is 7.15. The Hall–Kier alpha value is -1.66. The predicted molar refractivity (Wildman–Crippen MR) is 83.5 cm³/mol. The van der Waals surface area contributed by atoms with E-state index >= 15 is 0 Å². The normalized spacial score (nSPS) is 10.4. The van der Waals surface area contributed by atoms with Crippen LogP contribution in [0.3, 0.4) is 0 Å². The second-order valence-electron chi connectivity index (χ2n) is 4.31. The molecule has 0 aliphatic carbocycles. The van der Waals surface area contributed by atoms with Crippen LogP contribution in [-0.4, -0.2) is 17.1 Å². The number of methoxy groups -OCH3 is 1. The number of nitrogens with zero attached hydrogens (tertiary/aromatic N) is 2. The van der Waals surface area contributed by atoms with Gasteiger partial charge in [0, 0.05) is 21.8 Å². The molecule has 20 heavy (non-hydrogen) atoms. The largest absolute Gasteiger partial charge is 0.497 e. The smallest absolute Gasteiger partial charge is 0.163 e. The van der Waals surface area contributed by atoms with E-state index in [1.54, 1.807) is 7.11 Å². The first-order chi connectivity index (χ1) is 9.67. The minimum absolute atomic E-state index is 0.605. The summed E-state index contributed by atoms with van der Waals surface area (Å²) < 4.78 is 6.16. The van der Waals surface area contributed by atoms with Gasteiger partial charge >= 0.3 is 0 Å². The van der Waals surface area contributed by atoms with Gasteiger partial charge in [-0.25, -0.2) is 15.8 Å². The lowest BCUT2D eigenvalue weighted by atomic mass is 10.2. The van der Waals surface area contributed by atoms with Crippen molar-refractivity contribution in [3.63, 3.8) is 0 Å². The summed E-state index contributed by atoms with van der Waals surface area (Å²) >= 11 is 3.52. The van der Waals surface area contributed by atoms with Gasteiger partial charge < -0.3 is 10.2 Å². The minimum Gasteiger partial charge on any atom is -0.497 e. The number of hydrazine groups is 1. The lowest BCUT2D eigenvalue weighted by Gasteiger charge is -2.10. The lowest BCUT2D eigenvalue weighted by Crippen LogP contribution is -2.10. The van der Waals surface area contributed by atoms with Crippen molar-refractivity contribution in [1.29, 1.82) is 0 Å². The van der Waals surface area contributed by atoms with Crippen LogP contribution in [0.25, 0.3) is 11.4 Å². The number of halogens is 1. The number of benzene rings is 1. The molecule has 1 aromatic carbocycles. The monoisotopic (exact) mass is 336 g/mol. The molecule has 0 bridgehead atoms. The number of anilines is 1. The fourth-order valence-electron chi connectivity index (χ4n) is 1.88. The van der Waals surface area contributed by atoms with Gasteiger partial charge in [-0.2, -0.15) is 0 Å². The van der Waals surface area contributed by atoms with Crippen LogP contribution in [0.1, 0.15) is 19.0 Å². The molecule has 5 nitrogen and oxygen atoms in total. The number of hydrogen-bond acceptors (Lipinski definition) is 5. The van der Waals surface area contributed by atoms with Crippen molar-refractivity contribution in [3.8, 4) is 17.1 Å².